The van der Waals surface area contributed by atoms with Crippen LogP contribution in [0.15, 0.2) is 18.2 Å². The summed E-state index contributed by atoms with van der Waals surface area (Å²) in [5.41, 5.74) is 8.49. The zero-order valence-electron chi connectivity index (χ0n) is 7.26. The third-order valence-electron chi connectivity index (χ3n) is 1.88. The number of anilines is 1. The Balaban J connectivity index is 2.89. The molecule has 0 atom stereocenters. The molecule has 2 N–H and O–H groups in total. The van der Waals surface area contributed by atoms with Gasteiger partial charge in [0.25, 0.3) is 0 Å². The maximum Gasteiger partial charge on any atom is 0.0625 e. The van der Waals surface area contributed by atoms with Crippen molar-refractivity contribution in [1.29, 1.82) is 5.26 Å². The van der Waals surface area contributed by atoms with Crippen LogP contribution in [0.2, 0.25) is 0 Å². The van der Waals surface area contributed by atoms with Crippen molar-refractivity contribution in [1.82, 2.24) is 0 Å². The standard InChI is InChI=1S/C10H11ClN2/c11-7-9-3-4-10(13)6-8(9)2-1-5-12/h3-4,6H,1-2,7,13H2. The van der Waals surface area contributed by atoms with E-state index in [1.54, 1.807) is 0 Å². The summed E-state index contributed by atoms with van der Waals surface area (Å²) >= 11 is 5.74. The van der Waals surface area contributed by atoms with Crippen LogP contribution in [0.5, 0.6) is 0 Å². The normalized spacial score (nSPS) is 9.54. The molecule has 3 heteroatoms. The van der Waals surface area contributed by atoms with Crippen molar-refractivity contribution in [2.45, 2.75) is 18.7 Å². The monoisotopic (exact) mass is 194 g/mol. The highest BCUT2D eigenvalue weighted by molar-refractivity contribution is 6.17. The summed E-state index contributed by atoms with van der Waals surface area (Å²) in [6.07, 6.45) is 1.23. The molecule has 0 aliphatic rings. The lowest BCUT2D eigenvalue weighted by molar-refractivity contribution is 0.993. The zero-order valence-corrected chi connectivity index (χ0v) is 8.01. The average molecular weight is 195 g/mol. The third-order valence-corrected chi connectivity index (χ3v) is 2.17. The summed E-state index contributed by atoms with van der Waals surface area (Å²) in [7, 11) is 0. The van der Waals surface area contributed by atoms with Gasteiger partial charge in [0.1, 0.15) is 0 Å². The van der Waals surface area contributed by atoms with E-state index in [1.165, 1.54) is 0 Å². The summed E-state index contributed by atoms with van der Waals surface area (Å²) in [5.74, 6) is 0.473. The molecule has 0 saturated carbocycles. The molecule has 0 heterocycles. The van der Waals surface area contributed by atoms with Crippen LogP contribution in [0, 0.1) is 11.3 Å². The molecule has 0 fully saturated rings. The molecule has 1 aromatic rings. The van der Waals surface area contributed by atoms with E-state index in [-0.39, 0.29) is 0 Å². The molecule has 1 aromatic carbocycles. The lowest BCUT2D eigenvalue weighted by atomic mass is 10.0. The molecule has 0 aromatic heterocycles. The molecule has 13 heavy (non-hydrogen) atoms. The number of rotatable bonds is 3. The predicted molar refractivity (Wildman–Crippen MR) is 54.3 cm³/mol. The quantitative estimate of drug-likeness (QED) is 0.594. The number of nitrogens with two attached hydrogens (primary N) is 1. The van der Waals surface area contributed by atoms with Crippen LogP contribution in [-0.4, -0.2) is 0 Å². The maximum absolute atomic E-state index is 8.45. The summed E-state index contributed by atoms with van der Waals surface area (Å²) in [6, 6.07) is 7.73. The van der Waals surface area contributed by atoms with Gasteiger partial charge in [0.2, 0.25) is 0 Å². The predicted octanol–water partition coefficient (Wildman–Crippen LogP) is 2.46. The Kier molecular flexibility index (Phi) is 3.60. The molecule has 0 spiro atoms. The minimum atomic E-state index is 0.473. The first kappa shape index (κ1) is 9.88. The van der Waals surface area contributed by atoms with E-state index in [0.29, 0.717) is 12.3 Å². The van der Waals surface area contributed by atoms with E-state index >= 15 is 0 Å². The van der Waals surface area contributed by atoms with Crippen molar-refractivity contribution in [2.75, 3.05) is 5.73 Å². The Bertz CT molecular complexity index is 328. The number of nitrogen functional groups attached to an aromatic ring is 1. The smallest absolute Gasteiger partial charge is 0.0625 e. The number of hydrogen-bond donors (Lipinski definition) is 1. The van der Waals surface area contributed by atoms with Gasteiger partial charge in [0.15, 0.2) is 0 Å². The van der Waals surface area contributed by atoms with Crippen molar-refractivity contribution < 1.29 is 0 Å². The first-order chi connectivity index (χ1) is 6.27. The van der Waals surface area contributed by atoms with Crippen molar-refractivity contribution in [2.24, 2.45) is 0 Å². The number of nitrogens with zero attached hydrogens (tertiary/aromatic N) is 1. The molecule has 0 bridgehead atoms. The molecule has 0 saturated heterocycles. The van der Waals surface area contributed by atoms with Crippen LogP contribution in [0.4, 0.5) is 5.69 Å². The molecule has 0 unspecified atom stereocenters. The van der Waals surface area contributed by atoms with E-state index in [0.717, 1.165) is 23.2 Å². The van der Waals surface area contributed by atoms with E-state index in [1.807, 2.05) is 18.2 Å². The molecular formula is C10H11ClN2. The number of aryl methyl sites for hydroxylation is 1. The highest BCUT2D eigenvalue weighted by Gasteiger charge is 2.01. The van der Waals surface area contributed by atoms with Crippen molar-refractivity contribution in [3.63, 3.8) is 0 Å². The lowest BCUT2D eigenvalue weighted by Gasteiger charge is -2.05. The number of nitriles is 1. The van der Waals surface area contributed by atoms with Crippen LogP contribution in [0.1, 0.15) is 17.5 Å². The van der Waals surface area contributed by atoms with Gasteiger partial charge in [0.05, 0.1) is 6.07 Å². The Labute approximate surface area is 82.9 Å². The Morgan fingerprint density at radius 3 is 2.77 bits per heavy atom. The van der Waals surface area contributed by atoms with Gasteiger partial charge < -0.3 is 5.73 Å². The number of halogens is 1. The minimum absolute atomic E-state index is 0.473. The van der Waals surface area contributed by atoms with E-state index in [4.69, 9.17) is 22.6 Å². The molecular weight excluding hydrogens is 184 g/mol. The van der Waals surface area contributed by atoms with Gasteiger partial charge in [-0.2, -0.15) is 5.26 Å². The largest absolute Gasteiger partial charge is 0.399 e. The van der Waals surface area contributed by atoms with Gasteiger partial charge in [-0.25, -0.2) is 0 Å². The molecule has 68 valence electrons. The summed E-state index contributed by atoms with van der Waals surface area (Å²) < 4.78 is 0. The molecule has 0 amide bonds. The van der Waals surface area contributed by atoms with Gasteiger partial charge in [-0.1, -0.05) is 6.07 Å². The molecule has 0 aliphatic carbocycles. The SMILES string of the molecule is N#CCCc1cc(N)ccc1CCl. The number of hydrogen-bond acceptors (Lipinski definition) is 2. The zero-order chi connectivity index (χ0) is 9.68. The lowest BCUT2D eigenvalue weighted by Crippen LogP contribution is -1.94. The van der Waals surface area contributed by atoms with Crippen molar-refractivity contribution in [3.05, 3.63) is 29.3 Å². The van der Waals surface area contributed by atoms with Crippen LogP contribution in [-0.2, 0) is 12.3 Å². The fourth-order valence-electron chi connectivity index (χ4n) is 1.20. The van der Waals surface area contributed by atoms with E-state index in [2.05, 4.69) is 6.07 Å². The number of benzene rings is 1. The number of alkyl halides is 1. The van der Waals surface area contributed by atoms with Gasteiger partial charge >= 0.3 is 0 Å². The first-order valence-electron chi connectivity index (χ1n) is 4.08. The van der Waals surface area contributed by atoms with Gasteiger partial charge in [-0.3, -0.25) is 0 Å². The van der Waals surface area contributed by atoms with Crippen LogP contribution >= 0.6 is 11.6 Å². The van der Waals surface area contributed by atoms with Gasteiger partial charge in [-0.05, 0) is 29.7 Å². The topological polar surface area (TPSA) is 49.8 Å². The Hall–Kier alpha value is -1.20. The van der Waals surface area contributed by atoms with Crippen molar-refractivity contribution >= 4 is 17.3 Å². The maximum atomic E-state index is 8.45. The van der Waals surface area contributed by atoms with Gasteiger partial charge in [-0.15, -0.1) is 11.6 Å². The fourth-order valence-corrected chi connectivity index (χ4v) is 1.46. The molecule has 0 radical (unpaired) electrons. The summed E-state index contributed by atoms with van der Waals surface area (Å²) in [4.78, 5) is 0. The average Bonchev–Trinajstić information content (AvgIpc) is 2.15. The second-order valence-electron chi connectivity index (χ2n) is 2.82. The molecule has 2 nitrogen and oxygen atoms in total. The Morgan fingerprint density at radius 1 is 1.38 bits per heavy atom. The highest BCUT2D eigenvalue weighted by Crippen LogP contribution is 2.17. The first-order valence-corrected chi connectivity index (χ1v) is 4.61. The van der Waals surface area contributed by atoms with E-state index < -0.39 is 0 Å². The van der Waals surface area contributed by atoms with E-state index in [9.17, 15) is 0 Å². The van der Waals surface area contributed by atoms with Crippen LogP contribution in [0.3, 0.4) is 0 Å². The third kappa shape index (κ3) is 2.64. The Morgan fingerprint density at radius 2 is 2.15 bits per heavy atom. The second-order valence-corrected chi connectivity index (χ2v) is 3.09. The second kappa shape index (κ2) is 4.74. The summed E-state index contributed by atoms with van der Waals surface area (Å²) in [5, 5.41) is 8.45. The fraction of sp³-hybridized carbons (Fsp3) is 0.300. The molecule has 1 rings (SSSR count). The minimum Gasteiger partial charge on any atom is -0.399 e. The van der Waals surface area contributed by atoms with Crippen LogP contribution < -0.4 is 5.73 Å². The molecule has 0 aliphatic heterocycles. The van der Waals surface area contributed by atoms with Crippen molar-refractivity contribution in [3.8, 4) is 6.07 Å². The highest BCUT2D eigenvalue weighted by atomic mass is 35.5. The van der Waals surface area contributed by atoms with Crippen LogP contribution in [0.25, 0.3) is 0 Å². The van der Waals surface area contributed by atoms with Gasteiger partial charge in [0, 0.05) is 18.0 Å². The summed E-state index contributed by atoms with van der Waals surface area (Å²) in [6.45, 7) is 0.